The number of hydrogen-bond acceptors (Lipinski definition) is 4. The maximum atomic E-state index is 4.31. The van der Waals surface area contributed by atoms with Crippen LogP contribution in [0.25, 0.3) is 0 Å². The summed E-state index contributed by atoms with van der Waals surface area (Å²) < 4.78 is 4.07. The number of nitrogens with zero attached hydrogens (tertiary/aromatic N) is 2. The molecule has 1 heterocycles. The minimum absolute atomic E-state index is 0.466. The molecule has 0 saturated carbocycles. The van der Waals surface area contributed by atoms with Crippen molar-refractivity contribution < 1.29 is 0 Å². The topological polar surface area (TPSA) is 37.8 Å². The Bertz CT molecular complexity index is 246. The normalized spacial score (nSPS) is 15.8. The molecule has 14 heavy (non-hydrogen) atoms. The summed E-state index contributed by atoms with van der Waals surface area (Å²) in [6, 6.07) is 0.466. The van der Waals surface area contributed by atoms with Gasteiger partial charge in [0.15, 0.2) is 0 Å². The maximum Gasteiger partial charge on any atom is 0.129 e. The van der Waals surface area contributed by atoms with Gasteiger partial charge < -0.3 is 5.32 Å². The van der Waals surface area contributed by atoms with Gasteiger partial charge in [0.05, 0.1) is 0 Å². The second-order valence-corrected chi connectivity index (χ2v) is 4.71. The van der Waals surface area contributed by atoms with E-state index in [0.717, 1.165) is 11.6 Å². The van der Waals surface area contributed by atoms with Crippen molar-refractivity contribution in [2.45, 2.75) is 39.7 Å². The van der Waals surface area contributed by atoms with E-state index in [0.29, 0.717) is 17.9 Å². The van der Waals surface area contributed by atoms with Crippen LogP contribution in [-0.4, -0.2) is 21.9 Å². The minimum atomic E-state index is 0.466. The van der Waals surface area contributed by atoms with Crippen molar-refractivity contribution in [3.63, 3.8) is 0 Å². The maximum absolute atomic E-state index is 4.31. The van der Waals surface area contributed by atoms with Gasteiger partial charge in [-0.1, -0.05) is 20.8 Å². The molecule has 80 valence electrons. The van der Waals surface area contributed by atoms with Crippen molar-refractivity contribution in [3.8, 4) is 0 Å². The van der Waals surface area contributed by atoms with Crippen LogP contribution in [0.5, 0.6) is 0 Å². The molecular weight excluding hydrogens is 194 g/mol. The third kappa shape index (κ3) is 2.75. The van der Waals surface area contributed by atoms with Crippen LogP contribution in [0.2, 0.25) is 0 Å². The molecule has 0 aliphatic rings. The number of hydrogen-bond donors (Lipinski definition) is 1. The van der Waals surface area contributed by atoms with Crippen molar-refractivity contribution >= 4 is 11.5 Å². The predicted octanol–water partition coefficient (Wildman–Crippen LogP) is 2.28. The van der Waals surface area contributed by atoms with E-state index in [1.807, 2.05) is 0 Å². The third-order valence-electron chi connectivity index (χ3n) is 2.45. The summed E-state index contributed by atoms with van der Waals surface area (Å²) in [5.74, 6) is 1.07. The van der Waals surface area contributed by atoms with E-state index in [2.05, 4.69) is 42.4 Å². The first kappa shape index (κ1) is 11.6. The van der Waals surface area contributed by atoms with E-state index < -0.39 is 0 Å². The number of rotatable bonds is 5. The highest BCUT2D eigenvalue weighted by Gasteiger charge is 2.24. The molecule has 0 aromatic carbocycles. The second kappa shape index (κ2) is 5.41. The molecule has 0 saturated heterocycles. The molecule has 0 fully saturated rings. The molecule has 2 unspecified atom stereocenters. The Balaban J connectivity index is 2.74. The molecule has 2 atom stereocenters. The fraction of sp³-hybridized carbons (Fsp3) is 0.800. The lowest BCUT2D eigenvalue weighted by Crippen LogP contribution is -2.34. The van der Waals surface area contributed by atoms with Crippen molar-refractivity contribution in [1.29, 1.82) is 0 Å². The molecule has 0 bridgehead atoms. The lowest BCUT2D eigenvalue weighted by Gasteiger charge is -2.25. The summed E-state index contributed by atoms with van der Waals surface area (Å²) in [7, 11) is 0. The van der Waals surface area contributed by atoms with Crippen LogP contribution in [-0.2, 0) is 0 Å². The average Bonchev–Trinajstić information content (AvgIpc) is 2.57. The highest BCUT2D eigenvalue weighted by molar-refractivity contribution is 7.05. The lowest BCUT2D eigenvalue weighted by atomic mass is 9.90. The van der Waals surface area contributed by atoms with Gasteiger partial charge >= 0.3 is 0 Å². The monoisotopic (exact) mass is 213 g/mol. The summed E-state index contributed by atoms with van der Waals surface area (Å²) in [6.45, 7) is 9.83. The third-order valence-corrected chi connectivity index (χ3v) is 3.21. The molecule has 1 aromatic heterocycles. The molecule has 1 aromatic rings. The molecule has 0 spiro atoms. The van der Waals surface area contributed by atoms with E-state index in [1.165, 1.54) is 11.5 Å². The van der Waals surface area contributed by atoms with Crippen LogP contribution >= 0.6 is 11.5 Å². The molecular formula is C10H19N3S. The SMILES string of the molecule is CCNC(C)C(c1ncns1)C(C)C. The molecule has 0 aliphatic carbocycles. The van der Waals surface area contributed by atoms with Gasteiger partial charge in [-0.25, -0.2) is 4.98 Å². The fourth-order valence-electron chi connectivity index (χ4n) is 1.85. The molecule has 0 amide bonds. The van der Waals surface area contributed by atoms with Crippen LogP contribution in [0, 0.1) is 5.92 Å². The minimum Gasteiger partial charge on any atom is -0.314 e. The summed E-state index contributed by atoms with van der Waals surface area (Å²) in [6.07, 6.45) is 1.65. The Morgan fingerprint density at radius 3 is 2.57 bits per heavy atom. The fourth-order valence-corrected chi connectivity index (χ4v) is 2.75. The number of aromatic nitrogens is 2. The second-order valence-electron chi connectivity index (χ2n) is 3.90. The summed E-state index contributed by atoms with van der Waals surface area (Å²) in [5, 5.41) is 4.60. The standard InChI is InChI=1S/C10H19N3S/c1-5-11-8(4)9(7(2)3)10-12-6-13-14-10/h6-9,11H,5H2,1-4H3. The van der Waals surface area contributed by atoms with Gasteiger partial charge in [0, 0.05) is 12.0 Å². The first-order valence-corrected chi connectivity index (χ1v) is 5.94. The Hall–Kier alpha value is -0.480. The average molecular weight is 213 g/mol. The van der Waals surface area contributed by atoms with Gasteiger partial charge in [-0.2, -0.15) is 4.37 Å². The zero-order valence-corrected chi connectivity index (χ0v) is 10.1. The first-order chi connectivity index (χ1) is 6.66. The zero-order chi connectivity index (χ0) is 10.6. The van der Waals surface area contributed by atoms with Gasteiger partial charge in [-0.05, 0) is 30.9 Å². The Kier molecular flexibility index (Phi) is 4.48. The van der Waals surface area contributed by atoms with Crippen LogP contribution < -0.4 is 5.32 Å². The highest BCUT2D eigenvalue weighted by atomic mass is 32.1. The van der Waals surface area contributed by atoms with Gasteiger partial charge in [0.2, 0.25) is 0 Å². The van der Waals surface area contributed by atoms with Gasteiger partial charge in [0.1, 0.15) is 11.3 Å². The van der Waals surface area contributed by atoms with Crippen molar-refractivity contribution in [2.75, 3.05) is 6.54 Å². The largest absolute Gasteiger partial charge is 0.314 e. The van der Waals surface area contributed by atoms with E-state index in [1.54, 1.807) is 6.33 Å². The van der Waals surface area contributed by atoms with E-state index in [-0.39, 0.29) is 0 Å². The smallest absolute Gasteiger partial charge is 0.129 e. The Morgan fingerprint density at radius 2 is 2.14 bits per heavy atom. The van der Waals surface area contributed by atoms with Gasteiger partial charge in [0.25, 0.3) is 0 Å². The molecule has 0 aliphatic heterocycles. The van der Waals surface area contributed by atoms with Crippen LogP contribution in [0.1, 0.15) is 38.6 Å². The summed E-state index contributed by atoms with van der Waals surface area (Å²) in [5.41, 5.74) is 0. The quantitative estimate of drug-likeness (QED) is 0.815. The number of likely N-dealkylation sites (N-methyl/N-ethyl adjacent to an activating group) is 1. The van der Waals surface area contributed by atoms with Crippen LogP contribution in [0.15, 0.2) is 6.33 Å². The van der Waals surface area contributed by atoms with Crippen LogP contribution in [0.3, 0.4) is 0 Å². The Morgan fingerprint density at radius 1 is 1.43 bits per heavy atom. The van der Waals surface area contributed by atoms with Crippen LogP contribution in [0.4, 0.5) is 0 Å². The molecule has 3 nitrogen and oxygen atoms in total. The van der Waals surface area contributed by atoms with E-state index in [9.17, 15) is 0 Å². The predicted molar refractivity (Wildman–Crippen MR) is 60.6 cm³/mol. The Labute approximate surface area is 90.1 Å². The van der Waals surface area contributed by atoms with Crippen molar-refractivity contribution in [3.05, 3.63) is 11.3 Å². The molecule has 1 N–H and O–H groups in total. The summed E-state index contributed by atoms with van der Waals surface area (Å²) in [4.78, 5) is 4.31. The van der Waals surface area contributed by atoms with Gasteiger partial charge in [-0.3, -0.25) is 0 Å². The molecule has 1 rings (SSSR count). The summed E-state index contributed by atoms with van der Waals surface area (Å²) >= 11 is 1.51. The molecule has 4 heteroatoms. The van der Waals surface area contributed by atoms with E-state index >= 15 is 0 Å². The molecule has 0 radical (unpaired) electrons. The van der Waals surface area contributed by atoms with Crippen molar-refractivity contribution in [1.82, 2.24) is 14.7 Å². The van der Waals surface area contributed by atoms with Crippen molar-refractivity contribution in [2.24, 2.45) is 5.92 Å². The highest BCUT2D eigenvalue weighted by Crippen LogP contribution is 2.28. The van der Waals surface area contributed by atoms with E-state index in [4.69, 9.17) is 0 Å². The lowest BCUT2D eigenvalue weighted by molar-refractivity contribution is 0.382. The van der Waals surface area contributed by atoms with Gasteiger partial charge in [-0.15, -0.1) is 0 Å². The first-order valence-electron chi connectivity index (χ1n) is 5.16. The zero-order valence-electron chi connectivity index (χ0n) is 9.32. The number of nitrogens with one attached hydrogen (secondary N) is 1.